The molecule has 4 aliphatic carbocycles. The average molecular weight is 614 g/mol. The third kappa shape index (κ3) is 9.64. The second-order valence-corrected chi connectivity index (χ2v) is 13.9. The van der Waals surface area contributed by atoms with Gasteiger partial charge in [0.1, 0.15) is 5.60 Å². The van der Waals surface area contributed by atoms with Crippen LogP contribution in [-0.2, 0) is 14.6 Å². The van der Waals surface area contributed by atoms with Crippen LogP contribution in [0.5, 0.6) is 0 Å². The van der Waals surface area contributed by atoms with Crippen molar-refractivity contribution in [3.05, 3.63) is 0 Å². The number of rotatable bonds is 10. The van der Waals surface area contributed by atoms with Crippen LogP contribution in [0.25, 0.3) is 0 Å². The highest BCUT2D eigenvalue weighted by Gasteiger charge is 2.76. The van der Waals surface area contributed by atoms with Gasteiger partial charge < -0.3 is 14.9 Å². The van der Waals surface area contributed by atoms with Crippen LogP contribution < -0.4 is 5.48 Å². The lowest BCUT2D eigenvalue weighted by Crippen LogP contribution is -2.59. The van der Waals surface area contributed by atoms with Crippen molar-refractivity contribution in [1.29, 1.82) is 0 Å². The lowest BCUT2D eigenvalue weighted by atomic mass is 9.46. The molecule has 5 fully saturated rings. The second kappa shape index (κ2) is 20.1. The largest absolute Gasteiger partial charge is 0.393 e. The highest BCUT2D eigenvalue weighted by atomic mass is 17.3. The molecule has 0 radical (unpaired) electrons. The van der Waals surface area contributed by atoms with Crippen molar-refractivity contribution in [2.75, 3.05) is 13.2 Å². The van der Waals surface area contributed by atoms with E-state index in [-0.39, 0.29) is 23.2 Å². The van der Waals surface area contributed by atoms with Gasteiger partial charge in [-0.2, -0.15) is 5.48 Å². The van der Waals surface area contributed by atoms with Crippen LogP contribution in [0.3, 0.4) is 0 Å². The number of hydroxylamine groups is 1. The molecule has 1 saturated heterocycles. The van der Waals surface area contributed by atoms with Crippen LogP contribution in [0.1, 0.15) is 154 Å². The molecule has 6 nitrogen and oxygen atoms in total. The van der Waals surface area contributed by atoms with Gasteiger partial charge in [-0.1, -0.05) is 102 Å². The maximum absolute atomic E-state index is 11.3. The Morgan fingerprint density at radius 1 is 0.884 bits per heavy atom. The van der Waals surface area contributed by atoms with Gasteiger partial charge in [-0.25, -0.2) is 4.89 Å². The first-order valence-electron chi connectivity index (χ1n) is 18.7. The molecule has 6 heteroatoms. The monoisotopic (exact) mass is 614 g/mol. The fourth-order valence-corrected chi connectivity index (χ4v) is 9.19. The van der Waals surface area contributed by atoms with E-state index in [0.717, 1.165) is 57.4 Å². The zero-order chi connectivity index (χ0) is 32.8. The van der Waals surface area contributed by atoms with Crippen molar-refractivity contribution in [2.45, 2.75) is 178 Å². The van der Waals surface area contributed by atoms with Gasteiger partial charge in [-0.15, -0.1) is 4.99 Å². The molecule has 5 rings (SSSR count). The smallest absolute Gasteiger partial charge is 0.101 e. The zero-order valence-corrected chi connectivity index (χ0v) is 30.6. The topological polar surface area (TPSA) is 83.5 Å². The number of epoxide rings is 1. The third-order valence-corrected chi connectivity index (χ3v) is 11.1. The predicted octanol–water partition coefficient (Wildman–Crippen LogP) is 9.13. The number of nitrogens with one attached hydrogen (secondary N) is 1. The van der Waals surface area contributed by atoms with E-state index in [1.54, 1.807) is 0 Å². The van der Waals surface area contributed by atoms with Gasteiger partial charge in [0.2, 0.25) is 0 Å². The van der Waals surface area contributed by atoms with E-state index in [1.165, 1.54) is 25.7 Å². The Morgan fingerprint density at radius 2 is 1.56 bits per heavy atom. The first-order chi connectivity index (χ1) is 20.7. The molecule has 0 amide bonds. The molecule has 1 aliphatic heterocycles. The Morgan fingerprint density at radius 3 is 2.14 bits per heavy atom. The van der Waals surface area contributed by atoms with Gasteiger partial charge in [0.15, 0.2) is 0 Å². The molecule has 1 spiro atoms. The molecule has 1 heterocycles. The lowest BCUT2D eigenvalue weighted by Gasteiger charge is -2.59. The predicted molar refractivity (Wildman–Crippen MR) is 180 cm³/mol. The normalized spacial score (nSPS) is 38.9. The minimum absolute atomic E-state index is 0.0241. The molecular weight excluding hydrogens is 538 g/mol. The number of ether oxygens (including phenoxy) is 1. The Labute approximate surface area is 267 Å². The Bertz CT molecular complexity index is 721. The van der Waals surface area contributed by atoms with E-state index in [2.05, 4.69) is 47.0 Å². The van der Waals surface area contributed by atoms with Gasteiger partial charge in [0, 0.05) is 6.54 Å². The van der Waals surface area contributed by atoms with Crippen LogP contribution in [-0.4, -0.2) is 47.3 Å². The number of unbranched alkanes of at least 4 members (excludes halogenated alkanes) is 1. The van der Waals surface area contributed by atoms with Crippen LogP contribution >= 0.6 is 0 Å². The van der Waals surface area contributed by atoms with Gasteiger partial charge in [0.05, 0.1) is 24.9 Å². The summed E-state index contributed by atoms with van der Waals surface area (Å²) in [7, 11) is 0. The highest BCUT2D eigenvalue weighted by molar-refractivity contribution is 5.23. The minimum atomic E-state index is -0.247. The van der Waals surface area contributed by atoms with Gasteiger partial charge in [-0.05, 0) is 98.2 Å². The highest BCUT2D eigenvalue weighted by Crippen LogP contribution is 2.72. The number of aliphatic hydroxyl groups is 2. The first-order valence-corrected chi connectivity index (χ1v) is 18.7. The summed E-state index contributed by atoms with van der Waals surface area (Å²) in [5.74, 6) is 3.66. The van der Waals surface area contributed by atoms with Crippen LogP contribution in [0, 0.1) is 46.8 Å². The summed E-state index contributed by atoms with van der Waals surface area (Å²) in [4.78, 5) is 10.4. The summed E-state index contributed by atoms with van der Waals surface area (Å²) < 4.78 is 6.61. The van der Waals surface area contributed by atoms with Crippen LogP contribution in [0.15, 0.2) is 0 Å². The maximum atomic E-state index is 11.3. The van der Waals surface area contributed by atoms with Crippen LogP contribution in [0.2, 0.25) is 0 Å². The Balaban J connectivity index is 0.000000672. The molecule has 0 aromatic rings. The molecule has 11 unspecified atom stereocenters. The van der Waals surface area contributed by atoms with Gasteiger partial charge in [-0.3, -0.25) is 0 Å². The molecule has 0 aromatic carbocycles. The Kier molecular flexibility index (Phi) is 19.1. The van der Waals surface area contributed by atoms with Crippen molar-refractivity contribution < 1.29 is 24.8 Å². The van der Waals surface area contributed by atoms with E-state index < -0.39 is 0 Å². The zero-order valence-electron chi connectivity index (χ0n) is 30.6. The van der Waals surface area contributed by atoms with Crippen molar-refractivity contribution in [3.63, 3.8) is 0 Å². The molecule has 11 atom stereocenters. The number of hydrogen-bond acceptors (Lipinski definition) is 6. The second-order valence-electron chi connectivity index (χ2n) is 13.9. The SMILES string of the molecule is CC.CC.CC.CCCC(C)C.CCCCOONCC(C)C1CCC2C3C(O)CC4CC(O)CCC4(C)C3CC3OC312. The average Bonchev–Trinajstić information content (AvgIpc) is 3.62. The number of aliphatic hydroxyl groups excluding tert-OH is 2. The maximum Gasteiger partial charge on any atom is 0.101 e. The van der Waals surface area contributed by atoms with Gasteiger partial charge >= 0.3 is 0 Å². The van der Waals surface area contributed by atoms with Crippen molar-refractivity contribution in [1.82, 2.24) is 5.48 Å². The van der Waals surface area contributed by atoms with E-state index in [4.69, 9.17) is 14.6 Å². The number of fused-ring (bicyclic) bond motifs is 4. The summed E-state index contributed by atoms with van der Waals surface area (Å²) in [5.41, 5.74) is 3.24. The summed E-state index contributed by atoms with van der Waals surface area (Å²) in [6, 6.07) is 0. The molecule has 0 bridgehead atoms. The van der Waals surface area contributed by atoms with Crippen molar-refractivity contribution >= 4 is 0 Å². The molecule has 4 saturated carbocycles. The van der Waals surface area contributed by atoms with Crippen molar-refractivity contribution in [2.24, 2.45) is 46.8 Å². The molecule has 0 aromatic heterocycles. The molecular formula is C37H75NO5. The van der Waals surface area contributed by atoms with Crippen molar-refractivity contribution in [3.8, 4) is 0 Å². The quantitative estimate of drug-likeness (QED) is 0.0986. The summed E-state index contributed by atoms with van der Waals surface area (Å²) >= 11 is 0. The van der Waals surface area contributed by atoms with Gasteiger partial charge in [0.25, 0.3) is 0 Å². The summed E-state index contributed by atoms with van der Waals surface area (Å²) in [6.45, 7) is 27.0. The third-order valence-electron chi connectivity index (χ3n) is 11.1. The fraction of sp³-hybridized carbons (Fsp3) is 1.00. The van der Waals surface area contributed by atoms with E-state index in [1.807, 2.05) is 41.5 Å². The number of hydrogen-bond donors (Lipinski definition) is 3. The Hall–Kier alpha value is -0.240. The van der Waals surface area contributed by atoms with E-state index >= 15 is 0 Å². The molecule has 43 heavy (non-hydrogen) atoms. The molecule has 258 valence electrons. The van der Waals surface area contributed by atoms with E-state index in [9.17, 15) is 10.2 Å². The molecule has 3 N–H and O–H groups in total. The first kappa shape index (κ1) is 40.8. The summed E-state index contributed by atoms with van der Waals surface area (Å²) in [5, 5.41) is 21.6. The summed E-state index contributed by atoms with van der Waals surface area (Å²) in [6.07, 6.45) is 11.9. The minimum Gasteiger partial charge on any atom is -0.393 e. The van der Waals surface area contributed by atoms with E-state index in [0.29, 0.717) is 48.2 Å². The molecule has 5 aliphatic rings. The van der Waals surface area contributed by atoms with Crippen LogP contribution in [0.4, 0.5) is 0 Å². The standard InChI is InChI=1S/C25H43NO5.C6H14.3C2H6/c1-4-5-10-29-31-26-14-15(2)18-6-7-19-23-20(13-22-25(18,19)30-22)24(3)9-8-17(27)11-16(24)12-21(23)28;1-4-5-6(2)3;3*1-2/h15-23,26-28H,4-14H2,1-3H3;6H,4-5H2,1-3H3;3*1-2H3. The fourth-order valence-electron chi connectivity index (χ4n) is 9.19. The lowest BCUT2D eigenvalue weighted by molar-refractivity contribution is -0.338.